The molecule has 0 saturated carbocycles. The Kier molecular flexibility index (Phi) is 4.96. The SMILES string of the molecule is CCn1c2ccccc2c2nnc(SCC(=O)c3[nH]c(C)c(C(C)=O)c3C)nc21. The zero-order chi connectivity index (χ0) is 20.7. The number of nitrogens with zero attached hydrogens (tertiary/aromatic N) is 4. The van der Waals surface area contributed by atoms with Crippen molar-refractivity contribution >= 4 is 45.4 Å². The van der Waals surface area contributed by atoms with E-state index in [1.165, 1.54) is 18.7 Å². The summed E-state index contributed by atoms with van der Waals surface area (Å²) in [6.45, 7) is 7.93. The van der Waals surface area contributed by atoms with Gasteiger partial charge < -0.3 is 9.55 Å². The molecule has 1 aromatic carbocycles. The molecule has 0 unspecified atom stereocenters. The first-order valence-corrected chi connectivity index (χ1v) is 10.4. The van der Waals surface area contributed by atoms with Crippen LogP contribution in [0.15, 0.2) is 29.4 Å². The van der Waals surface area contributed by atoms with E-state index in [2.05, 4.69) is 31.7 Å². The molecule has 3 heterocycles. The second kappa shape index (κ2) is 7.44. The van der Waals surface area contributed by atoms with Crippen molar-refractivity contribution in [2.45, 2.75) is 39.4 Å². The molecule has 0 aliphatic heterocycles. The molecule has 0 atom stereocenters. The predicted molar refractivity (Wildman–Crippen MR) is 114 cm³/mol. The first-order valence-electron chi connectivity index (χ1n) is 9.40. The summed E-state index contributed by atoms with van der Waals surface area (Å²) in [6.07, 6.45) is 0. The number of benzene rings is 1. The average Bonchev–Trinajstić information content (AvgIpc) is 3.19. The molecule has 0 saturated heterocycles. The van der Waals surface area contributed by atoms with Crippen LogP contribution in [0, 0.1) is 13.8 Å². The van der Waals surface area contributed by atoms with Crippen molar-refractivity contribution in [2.75, 3.05) is 5.75 Å². The first kappa shape index (κ1) is 19.3. The Balaban J connectivity index is 1.62. The lowest BCUT2D eigenvalue weighted by molar-refractivity contribution is 0.101. The van der Waals surface area contributed by atoms with Crippen LogP contribution in [0.5, 0.6) is 0 Å². The molecule has 4 rings (SSSR count). The third kappa shape index (κ3) is 3.23. The molecule has 0 spiro atoms. The third-order valence-corrected chi connectivity index (χ3v) is 5.91. The minimum absolute atomic E-state index is 0.0478. The van der Waals surface area contributed by atoms with Crippen LogP contribution in [-0.2, 0) is 6.54 Å². The monoisotopic (exact) mass is 407 g/mol. The van der Waals surface area contributed by atoms with Crippen molar-refractivity contribution in [3.05, 3.63) is 46.8 Å². The first-order chi connectivity index (χ1) is 13.9. The Morgan fingerprint density at radius 2 is 1.93 bits per heavy atom. The molecule has 7 nitrogen and oxygen atoms in total. The molecule has 4 aromatic rings. The van der Waals surface area contributed by atoms with Gasteiger partial charge in [0, 0.05) is 23.2 Å². The smallest absolute Gasteiger partial charge is 0.211 e. The topological polar surface area (TPSA) is 93.5 Å². The number of aromatic nitrogens is 5. The van der Waals surface area contributed by atoms with Gasteiger partial charge in [0.2, 0.25) is 5.16 Å². The van der Waals surface area contributed by atoms with Crippen LogP contribution in [0.4, 0.5) is 0 Å². The van der Waals surface area contributed by atoms with E-state index in [0.717, 1.165) is 34.3 Å². The van der Waals surface area contributed by atoms with Gasteiger partial charge in [-0.3, -0.25) is 9.59 Å². The molecule has 29 heavy (non-hydrogen) atoms. The average molecular weight is 407 g/mol. The van der Waals surface area contributed by atoms with Gasteiger partial charge in [-0.15, -0.1) is 10.2 Å². The van der Waals surface area contributed by atoms with E-state index in [-0.39, 0.29) is 17.3 Å². The van der Waals surface area contributed by atoms with Crippen molar-refractivity contribution < 1.29 is 9.59 Å². The van der Waals surface area contributed by atoms with Crippen LogP contribution in [0.2, 0.25) is 0 Å². The Hall–Kier alpha value is -3.00. The van der Waals surface area contributed by atoms with Gasteiger partial charge in [-0.1, -0.05) is 30.0 Å². The summed E-state index contributed by atoms with van der Waals surface area (Å²) in [7, 11) is 0. The Morgan fingerprint density at radius 3 is 2.62 bits per heavy atom. The molecule has 8 heteroatoms. The fraction of sp³-hybridized carbons (Fsp3) is 0.286. The van der Waals surface area contributed by atoms with Crippen LogP contribution in [0.25, 0.3) is 22.1 Å². The van der Waals surface area contributed by atoms with Crippen LogP contribution in [-0.4, -0.2) is 42.1 Å². The summed E-state index contributed by atoms with van der Waals surface area (Å²) in [5, 5.41) is 10.1. The zero-order valence-electron chi connectivity index (χ0n) is 16.7. The number of rotatable bonds is 6. The summed E-state index contributed by atoms with van der Waals surface area (Å²) >= 11 is 1.25. The van der Waals surface area contributed by atoms with Gasteiger partial charge >= 0.3 is 0 Å². The fourth-order valence-corrected chi connectivity index (χ4v) is 4.48. The fourth-order valence-electron chi connectivity index (χ4n) is 3.83. The molecular formula is C21H21N5O2S. The lowest BCUT2D eigenvalue weighted by Gasteiger charge is -2.03. The third-order valence-electron chi connectivity index (χ3n) is 5.07. The molecular weight excluding hydrogens is 386 g/mol. The minimum atomic E-state index is -0.0946. The molecule has 148 valence electrons. The number of carbonyl (C=O) groups is 2. The van der Waals surface area contributed by atoms with Crippen molar-refractivity contribution in [1.82, 2.24) is 24.7 Å². The van der Waals surface area contributed by atoms with Gasteiger partial charge in [0.25, 0.3) is 0 Å². The van der Waals surface area contributed by atoms with Crippen LogP contribution in [0.3, 0.4) is 0 Å². The van der Waals surface area contributed by atoms with Crippen LogP contribution >= 0.6 is 11.8 Å². The number of ketones is 2. The molecule has 1 N–H and O–H groups in total. The highest BCUT2D eigenvalue weighted by Gasteiger charge is 2.20. The van der Waals surface area contributed by atoms with Gasteiger partial charge in [-0.25, -0.2) is 4.98 Å². The largest absolute Gasteiger partial charge is 0.355 e. The van der Waals surface area contributed by atoms with Crippen LogP contribution in [0.1, 0.15) is 46.0 Å². The molecule has 0 amide bonds. The molecule has 0 radical (unpaired) electrons. The zero-order valence-corrected chi connectivity index (χ0v) is 17.6. The molecule has 0 fully saturated rings. The maximum absolute atomic E-state index is 12.7. The minimum Gasteiger partial charge on any atom is -0.355 e. The highest BCUT2D eigenvalue weighted by molar-refractivity contribution is 7.99. The molecule has 0 aliphatic rings. The molecule has 0 aliphatic carbocycles. The standard InChI is InChI=1S/C21H21N5O2S/c1-5-26-15-9-7-6-8-14(15)19-20(26)23-21(25-24-19)29-10-16(28)18-11(2)17(13(4)27)12(3)22-18/h6-9,22H,5,10H2,1-4H3. The number of H-pyrrole nitrogens is 1. The highest BCUT2D eigenvalue weighted by atomic mass is 32.2. The van der Waals surface area contributed by atoms with Crippen molar-refractivity contribution in [1.29, 1.82) is 0 Å². The van der Waals surface area contributed by atoms with E-state index in [1.54, 1.807) is 13.8 Å². The number of thioether (sulfide) groups is 1. The summed E-state index contributed by atoms with van der Waals surface area (Å²) in [5.74, 6) is 0.0219. The lowest BCUT2D eigenvalue weighted by atomic mass is 10.1. The van der Waals surface area contributed by atoms with Gasteiger partial charge in [-0.05, 0) is 39.3 Å². The summed E-state index contributed by atoms with van der Waals surface area (Å²) < 4.78 is 2.10. The number of aromatic amines is 1. The predicted octanol–water partition coefficient (Wildman–Crippen LogP) is 4.12. The Labute approximate surface area is 171 Å². The number of hydrogen-bond donors (Lipinski definition) is 1. The van der Waals surface area contributed by atoms with Gasteiger partial charge in [0.05, 0.1) is 17.0 Å². The number of para-hydroxylation sites is 1. The Morgan fingerprint density at radius 1 is 1.17 bits per heavy atom. The maximum Gasteiger partial charge on any atom is 0.211 e. The van der Waals surface area contributed by atoms with E-state index in [0.29, 0.717) is 22.0 Å². The second-order valence-corrected chi connectivity index (χ2v) is 7.86. The Bertz CT molecular complexity index is 1270. The number of carbonyl (C=O) groups excluding carboxylic acids is 2. The number of aryl methyl sites for hydroxylation is 2. The van der Waals surface area contributed by atoms with E-state index in [4.69, 9.17) is 0 Å². The summed E-state index contributed by atoms with van der Waals surface area (Å²) in [5.41, 5.74) is 5.07. The van der Waals surface area contributed by atoms with E-state index in [1.807, 2.05) is 24.3 Å². The number of nitrogens with one attached hydrogen (secondary N) is 1. The quantitative estimate of drug-likeness (QED) is 0.382. The lowest BCUT2D eigenvalue weighted by Crippen LogP contribution is -2.07. The second-order valence-electron chi connectivity index (χ2n) is 6.92. The van der Waals surface area contributed by atoms with Crippen LogP contribution < -0.4 is 0 Å². The summed E-state index contributed by atoms with van der Waals surface area (Å²) in [4.78, 5) is 32.2. The maximum atomic E-state index is 12.7. The number of fused-ring (bicyclic) bond motifs is 3. The van der Waals surface area contributed by atoms with Gasteiger partial charge in [0.1, 0.15) is 5.52 Å². The van der Waals surface area contributed by atoms with E-state index < -0.39 is 0 Å². The van der Waals surface area contributed by atoms with Crippen molar-refractivity contribution in [3.8, 4) is 0 Å². The number of Topliss-reactive ketones (excluding diaryl/α,β-unsaturated/α-hetero) is 2. The van der Waals surface area contributed by atoms with Crippen molar-refractivity contribution in [2.24, 2.45) is 0 Å². The van der Waals surface area contributed by atoms with Gasteiger partial charge in [-0.2, -0.15) is 0 Å². The summed E-state index contributed by atoms with van der Waals surface area (Å²) in [6, 6.07) is 8.02. The number of hydrogen-bond acceptors (Lipinski definition) is 6. The highest BCUT2D eigenvalue weighted by Crippen LogP contribution is 2.27. The van der Waals surface area contributed by atoms with E-state index in [9.17, 15) is 9.59 Å². The van der Waals surface area contributed by atoms with Gasteiger partial charge in [0.15, 0.2) is 17.2 Å². The van der Waals surface area contributed by atoms with E-state index >= 15 is 0 Å². The molecule has 3 aromatic heterocycles. The van der Waals surface area contributed by atoms with Crippen molar-refractivity contribution in [3.63, 3.8) is 0 Å². The molecule has 0 bridgehead atoms. The normalized spacial score (nSPS) is 11.4.